The molecule has 0 aliphatic heterocycles. The number of fused-ring (bicyclic) bond motifs is 2. The average molecular weight is 460 g/mol. The summed E-state index contributed by atoms with van der Waals surface area (Å²) >= 11 is 0. The molecule has 0 aliphatic rings. The van der Waals surface area contributed by atoms with Crippen LogP contribution in [0.5, 0.6) is 0 Å². The van der Waals surface area contributed by atoms with Crippen LogP contribution in [0.2, 0.25) is 0 Å². The lowest BCUT2D eigenvalue weighted by molar-refractivity contribution is -0.156. The van der Waals surface area contributed by atoms with Crippen LogP contribution >= 0.6 is 0 Å². The summed E-state index contributed by atoms with van der Waals surface area (Å²) in [5.41, 5.74) is 4.24. The number of carbonyl (C=O) groups excluding carboxylic acids is 1. The largest absolute Gasteiger partial charge is 0.474 e. The Morgan fingerprint density at radius 3 is 2.03 bits per heavy atom. The maximum absolute atomic E-state index is 12.6. The predicted molar refractivity (Wildman–Crippen MR) is 140 cm³/mol. The molecule has 35 heavy (non-hydrogen) atoms. The number of carboxylic acids is 1. The molecule has 5 aromatic carbocycles. The summed E-state index contributed by atoms with van der Waals surface area (Å²) in [6.07, 6.45) is 0.589. The van der Waals surface area contributed by atoms with Gasteiger partial charge in [0.25, 0.3) is 0 Å². The van der Waals surface area contributed by atoms with Gasteiger partial charge >= 0.3 is 11.9 Å². The summed E-state index contributed by atoms with van der Waals surface area (Å²) < 4.78 is 0. The molecule has 0 saturated heterocycles. The Morgan fingerprint density at radius 2 is 1.26 bits per heavy atom. The zero-order valence-electron chi connectivity index (χ0n) is 19.2. The third-order valence-electron chi connectivity index (χ3n) is 6.44. The fraction of sp³-hybridized carbons (Fsp3) is 0.0968. The Kier molecular flexibility index (Phi) is 6.27. The molecule has 5 aromatic rings. The first-order chi connectivity index (χ1) is 17.1. The van der Waals surface area contributed by atoms with Gasteiger partial charge in [0.2, 0.25) is 0 Å². The molecule has 0 fully saturated rings. The van der Waals surface area contributed by atoms with Gasteiger partial charge in [-0.05, 0) is 50.2 Å². The van der Waals surface area contributed by atoms with Crippen molar-refractivity contribution in [1.29, 1.82) is 0 Å². The monoisotopic (exact) mass is 459 g/mol. The van der Waals surface area contributed by atoms with Crippen molar-refractivity contribution in [3.8, 4) is 11.1 Å². The Hall–Kier alpha value is -4.44. The van der Waals surface area contributed by atoms with Crippen molar-refractivity contribution >= 4 is 33.4 Å². The lowest BCUT2D eigenvalue weighted by atomic mass is 9.92. The first-order valence-electron chi connectivity index (χ1n) is 11.7. The normalized spacial score (nSPS) is 11.0. The van der Waals surface area contributed by atoms with Gasteiger partial charge in [-0.25, -0.2) is 4.79 Å². The molecule has 0 aromatic heterocycles. The van der Waals surface area contributed by atoms with Gasteiger partial charge in [0.05, 0.1) is 0 Å². The first kappa shape index (κ1) is 22.4. The maximum Gasteiger partial charge on any atom is 0.394 e. The van der Waals surface area contributed by atoms with Gasteiger partial charge in [-0.2, -0.15) is 0 Å². The van der Waals surface area contributed by atoms with E-state index in [1.54, 1.807) is 0 Å². The van der Waals surface area contributed by atoms with Crippen LogP contribution in [-0.2, 0) is 22.6 Å². The summed E-state index contributed by atoms with van der Waals surface area (Å²) in [6.45, 7) is 0.558. The Balaban J connectivity index is 1.54. The molecule has 1 amide bonds. The van der Waals surface area contributed by atoms with Gasteiger partial charge in [-0.1, -0.05) is 109 Å². The second-order valence-corrected chi connectivity index (χ2v) is 8.61. The second-order valence-electron chi connectivity index (χ2n) is 8.61. The Labute approximate surface area is 204 Å². The van der Waals surface area contributed by atoms with Crippen LogP contribution in [-0.4, -0.2) is 28.4 Å². The highest BCUT2D eigenvalue weighted by Crippen LogP contribution is 2.35. The van der Waals surface area contributed by atoms with Crippen LogP contribution in [0.4, 0.5) is 0 Å². The molecule has 1 N–H and O–H groups in total. The Morgan fingerprint density at radius 1 is 0.629 bits per heavy atom. The molecule has 0 atom stereocenters. The number of benzene rings is 5. The molecule has 0 heterocycles. The van der Waals surface area contributed by atoms with Crippen LogP contribution < -0.4 is 0 Å². The molecule has 0 radical (unpaired) electrons. The van der Waals surface area contributed by atoms with E-state index in [1.807, 2.05) is 66.7 Å². The summed E-state index contributed by atoms with van der Waals surface area (Å²) in [6, 6.07) is 36.6. The predicted octanol–water partition coefficient (Wildman–Crippen LogP) is 6.32. The summed E-state index contributed by atoms with van der Waals surface area (Å²) in [5.74, 6) is -2.32. The smallest absolute Gasteiger partial charge is 0.394 e. The number of rotatable bonds is 6. The van der Waals surface area contributed by atoms with Gasteiger partial charge in [0, 0.05) is 13.1 Å². The zero-order valence-corrected chi connectivity index (χ0v) is 19.2. The van der Waals surface area contributed by atoms with Crippen molar-refractivity contribution in [1.82, 2.24) is 4.90 Å². The van der Waals surface area contributed by atoms with Crippen LogP contribution in [0.25, 0.3) is 32.7 Å². The van der Waals surface area contributed by atoms with E-state index in [0.29, 0.717) is 13.0 Å². The van der Waals surface area contributed by atoms with Gasteiger partial charge < -0.3 is 10.0 Å². The van der Waals surface area contributed by atoms with Gasteiger partial charge in [-0.3, -0.25) is 4.79 Å². The zero-order chi connectivity index (χ0) is 24.2. The van der Waals surface area contributed by atoms with E-state index in [1.165, 1.54) is 15.7 Å². The van der Waals surface area contributed by atoms with E-state index in [9.17, 15) is 14.7 Å². The van der Waals surface area contributed by atoms with Crippen molar-refractivity contribution in [2.24, 2.45) is 0 Å². The molecule has 0 saturated carbocycles. The number of hydrogen-bond donors (Lipinski definition) is 1. The van der Waals surface area contributed by atoms with Crippen LogP contribution in [0.1, 0.15) is 11.1 Å². The van der Waals surface area contributed by atoms with E-state index < -0.39 is 11.9 Å². The van der Waals surface area contributed by atoms with E-state index in [-0.39, 0.29) is 6.54 Å². The quantitative estimate of drug-likeness (QED) is 0.303. The van der Waals surface area contributed by atoms with E-state index in [4.69, 9.17) is 0 Å². The van der Waals surface area contributed by atoms with E-state index in [0.717, 1.165) is 33.0 Å². The molecule has 0 unspecified atom stereocenters. The minimum absolute atomic E-state index is 0.230. The Bertz CT molecular complexity index is 1520. The molecular formula is C31H25NO3. The SMILES string of the molecule is O=C(O)C(=O)N(CCc1ccccc1)Cc1ccc(-c2cccc3ccccc23)c2ccccc12. The van der Waals surface area contributed by atoms with E-state index >= 15 is 0 Å². The van der Waals surface area contributed by atoms with Gasteiger partial charge in [-0.15, -0.1) is 0 Å². The van der Waals surface area contributed by atoms with E-state index in [2.05, 4.69) is 42.5 Å². The highest BCUT2D eigenvalue weighted by molar-refractivity contribution is 6.31. The van der Waals surface area contributed by atoms with Crippen molar-refractivity contribution in [2.75, 3.05) is 6.54 Å². The van der Waals surface area contributed by atoms with Gasteiger partial charge in [0.1, 0.15) is 0 Å². The molecule has 4 heteroatoms. The molecule has 0 spiro atoms. The van der Waals surface area contributed by atoms with Crippen LogP contribution in [0.15, 0.2) is 109 Å². The molecule has 4 nitrogen and oxygen atoms in total. The number of carboxylic acid groups (broad SMARTS) is 1. The summed E-state index contributed by atoms with van der Waals surface area (Å²) in [4.78, 5) is 25.6. The van der Waals surface area contributed by atoms with Crippen molar-refractivity contribution in [3.05, 3.63) is 120 Å². The highest BCUT2D eigenvalue weighted by atomic mass is 16.4. The number of carbonyl (C=O) groups is 2. The summed E-state index contributed by atoms with van der Waals surface area (Å²) in [5, 5.41) is 13.9. The minimum Gasteiger partial charge on any atom is -0.474 e. The molecular weight excluding hydrogens is 434 g/mol. The first-order valence-corrected chi connectivity index (χ1v) is 11.7. The minimum atomic E-state index is -1.44. The number of amides is 1. The third kappa shape index (κ3) is 4.64. The fourth-order valence-electron chi connectivity index (χ4n) is 4.70. The standard InChI is InChI=1S/C31H25NO3/c33-30(31(34)35)32(20-19-22-9-2-1-3-10-22)21-24-17-18-29(27-15-7-6-14-26(24)27)28-16-8-12-23-11-4-5-13-25(23)28/h1-18H,19-21H2,(H,34,35). The van der Waals surface area contributed by atoms with Crippen LogP contribution in [0, 0.1) is 0 Å². The number of aliphatic carboxylic acids is 1. The fourth-order valence-corrected chi connectivity index (χ4v) is 4.70. The second kappa shape index (κ2) is 9.82. The topological polar surface area (TPSA) is 57.6 Å². The molecule has 0 bridgehead atoms. The molecule has 172 valence electrons. The maximum atomic E-state index is 12.6. The van der Waals surface area contributed by atoms with Crippen molar-refractivity contribution < 1.29 is 14.7 Å². The molecule has 5 rings (SSSR count). The average Bonchev–Trinajstić information content (AvgIpc) is 2.91. The third-order valence-corrected chi connectivity index (χ3v) is 6.44. The van der Waals surface area contributed by atoms with Crippen molar-refractivity contribution in [3.63, 3.8) is 0 Å². The number of hydrogen-bond acceptors (Lipinski definition) is 2. The lowest BCUT2D eigenvalue weighted by Crippen LogP contribution is -2.37. The summed E-state index contributed by atoms with van der Waals surface area (Å²) in [7, 11) is 0. The van der Waals surface area contributed by atoms with Crippen LogP contribution in [0.3, 0.4) is 0 Å². The lowest BCUT2D eigenvalue weighted by Gasteiger charge is -2.22. The number of nitrogens with zero attached hydrogens (tertiary/aromatic N) is 1. The van der Waals surface area contributed by atoms with Gasteiger partial charge in [0.15, 0.2) is 0 Å². The highest BCUT2D eigenvalue weighted by Gasteiger charge is 2.22. The molecule has 0 aliphatic carbocycles. The van der Waals surface area contributed by atoms with Crippen molar-refractivity contribution in [2.45, 2.75) is 13.0 Å².